The molecule has 2 aromatic carbocycles. The Balaban J connectivity index is 1.93. The molecule has 0 saturated heterocycles. The Morgan fingerprint density at radius 1 is 1.00 bits per heavy atom. The number of anilines is 1. The number of benzene rings is 2. The first-order valence-corrected chi connectivity index (χ1v) is 6.77. The molecule has 0 radical (unpaired) electrons. The van der Waals surface area contributed by atoms with Gasteiger partial charge in [-0.1, -0.05) is 48.0 Å². The molecule has 0 aliphatic rings. The third-order valence-electron chi connectivity index (χ3n) is 3.09. The van der Waals surface area contributed by atoms with E-state index in [1.807, 2.05) is 24.3 Å². The first-order chi connectivity index (χ1) is 9.65. The normalized spacial score (nSPS) is 10.3. The standard InChI is InChI=1S/C17H20N2O/c1-13-7-9-15(10-8-13)11-18-12-16-5-3-4-6-17(16)19-14(2)20/h3-10,18H,11-12H2,1-2H3,(H,19,20). The zero-order valence-corrected chi connectivity index (χ0v) is 11.9. The molecule has 3 heteroatoms. The predicted molar refractivity (Wildman–Crippen MR) is 82.5 cm³/mol. The number of rotatable bonds is 5. The molecule has 0 unspecified atom stereocenters. The molecule has 0 atom stereocenters. The SMILES string of the molecule is CC(=O)Nc1ccccc1CNCc1ccc(C)cc1. The molecule has 2 rings (SSSR count). The first kappa shape index (κ1) is 14.3. The molecule has 0 aliphatic heterocycles. The summed E-state index contributed by atoms with van der Waals surface area (Å²) in [6.07, 6.45) is 0. The smallest absolute Gasteiger partial charge is 0.221 e. The van der Waals surface area contributed by atoms with Gasteiger partial charge in [0.05, 0.1) is 0 Å². The van der Waals surface area contributed by atoms with E-state index in [-0.39, 0.29) is 5.91 Å². The van der Waals surface area contributed by atoms with E-state index in [1.165, 1.54) is 18.1 Å². The number of carbonyl (C=O) groups excluding carboxylic acids is 1. The number of amides is 1. The molecule has 104 valence electrons. The summed E-state index contributed by atoms with van der Waals surface area (Å²) in [6, 6.07) is 16.3. The summed E-state index contributed by atoms with van der Waals surface area (Å²) in [5.41, 5.74) is 4.49. The van der Waals surface area contributed by atoms with Crippen LogP contribution in [0.3, 0.4) is 0 Å². The molecule has 0 aromatic heterocycles. The quantitative estimate of drug-likeness (QED) is 0.874. The van der Waals surface area contributed by atoms with Gasteiger partial charge in [-0.3, -0.25) is 4.79 Å². The lowest BCUT2D eigenvalue weighted by Gasteiger charge is -2.11. The number of nitrogens with one attached hydrogen (secondary N) is 2. The van der Waals surface area contributed by atoms with E-state index < -0.39 is 0 Å². The van der Waals surface area contributed by atoms with Crippen LogP contribution in [0.2, 0.25) is 0 Å². The van der Waals surface area contributed by atoms with Crippen LogP contribution in [0, 0.1) is 6.92 Å². The molecule has 20 heavy (non-hydrogen) atoms. The zero-order valence-electron chi connectivity index (χ0n) is 11.9. The fourth-order valence-corrected chi connectivity index (χ4v) is 2.03. The van der Waals surface area contributed by atoms with Gasteiger partial charge in [-0.05, 0) is 24.1 Å². The number of carbonyl (C=O) groups is 1. The molecule has 1 amide bonds. The highest BCUT2D eigenvalue weighted by atomic mass is 16.1. The van der Waals surface area contributed by atoms with E-state index in [0.29, 0.717) is 0 Å². The number of para-hydroxylation sites is 1. The minimum Gasteiger partial charge on any atom is -0.326 e. The average molecular weight is 268 g/mol. The summed E-state index contributed by atoms with van der Waals surface area (Å²) in [6.45, 7) is 5.15. The Hall–Kier alpha value is -2.13. The van der Waals surface area contributed by atoms with Crippen molar-refractivity contribution in [2.75, 3.05) is 5.32 Å². The summed E-state index contributed by atoms with van der Waals surface area (Å²) < 4.78 is 0. The number of hydrogen-bond donors (Lipinski definition) is 2. The number of aryl methyl sites for hydroxylation is 1. The molecule has 0 bridgehead atoms. The summed E-state index contributed by atoms with van der Waals surface area (Å²) in [4.78, 5) is 11.2. The van der Waals surface area contributed by atoms with Gasteiger partial charge in [0, 0.05) is 25.7 Å². The van der Waals surface area contributed by atoms with Crippen molar-refractivity contribution in [2.24, 2.45) is 0 Å². The van der Waals surface area contributed by atoms with Gasteiger partial charge in [-0.25, -0.2) is 0 Å². The van der Waals surface area contributed by atoms with E-state index in [4.69, 9.17) is 0 Å². The lowest BCUT2D eigenvalue weighted by molar-refractivity contribution is -0.114. The Labute approximate surface area is 120 Å². The third-order valence-corrected chi connectivity index (χ3v) is 3.09. The highest BCUT2D eigenvalue weighted by Crippen LogP contribution is 2.14. The summed E-state index contributed by atoms with van der Waals surface area (Å²) >= 11 is 0. The monoisotopic (exact) mass is 268 g/mol. The van der Waals surface area contributed by atoms with Crippen LogP contribution in [-0.4, -0.2) is 5.91 Å². The maximum absolute atomic E-state index is 11.2. The van der Waals surface area contributed by atoms with E-state index in [1.54, 1.807) is 0 Å². The van der Waals surface area contributed by atoms with Crippen molar-refractivity contribution < 1.29 is 4.79 Å². The van der Waals surface area contributed by atoms with Crippen LogP contribution in [0.1, 0.15) is 23.6 Å². The predicted octanol–water partition coefficient (Wildman–Crippen LogP) is 3.24. The van der Waals surface area contributed by atoms with E-state index in [9.17, 15) is 4.79 Å². The lowest BCUT2D eigenvalue weighted by Crippen LogP contribution is -2.15. The van der Waals surface area contributed by atoms with E-state index >= 15 is 0 Å². The minimum absolute atomic E-state index is 0.0454. The van der Waals surface area contributed by atoms with Crippen molar-refractivity contribution in [3.8, 4) is 0 Å². The van der Waals surface area contributed by atoms with Gasteiger partial charge in [0.2, 0.25) is 5.91 Å². The topological polar surface area (TPSA) is 41.1 Å². The second-order valence-corrected chi connectivity index (χ2v) is 4.93. The van der Waals surface area contributed by atoms with Gasteiger partial charge in [0.25, 0.3) is 0 Å². The molecule has 3 nitrogen and oxygen atoms in total. The van der Waals surface area contributed by atoms with Crippen molar-refractivity contribution in [2.45, 2.75) is 26.9 Å². The van der Waals surface area contributed by atoms with Crippen LogP contribution in [-0.2, 0) is 17.9 Å². The second kappa shape index (κ2) is 6.87. The van der Waals surface area contributed by atoms with Crippen LogP contribution < -0.4 is 10.6 Å². The largest absolute Gasteiger partial charge is 0.326 e. The molecule has 0 spiro atoms. The van der Waals surface area contributed by atoms with Crippen LogP contribution in [0.15, 0.2) is 48.5 Å². The number of hydrogen-bond acceptors (Lipinski definition) is 2. The van der Waals surface area contributed by atoms with Crippen molar-refractivity contribution in [1.82, 2.24) is 5.32 Å². The first-order valence-electron chi connectivity index (χ1n) is 6.77. The van der Waals surface area contributed by atoms with Crippen LogP contribution in [0.4, 0.5) is 5.69 Å². The molecule has 0 saturated carbocycles. The fourth-order valence-electron chi connectivity index (χ4n) is 2.03. The Morgan fingerprint density at radius 2 is 1.70 bits per heavy atom. The van der Waals surface area contributed by atoms with Crippen molar-refractivity contribution in [3.05, 3.63) is 65.2 Å². The van der Waals surface area contributed by atoms with E-state index in [2.05, 4.69) is 41.8 Å². The highest BCUT2D eigenvalue weighted by molar-refractivity contribution is 5.89. The van der Waals surface area contributed by atoms with Crippen LogP contribution in [0.25, 0.3) is 0 Å². The highest BCUT2D eigenvalue weighted by Gasteiger charge is 2.02. The van der Waals surface area contributed by atoms with Gasteiger partial charge < -0.3 is 10.6 Å². The maximum atomic E-state index is 11.2. The summed E-state index contributed by atoms with van der Waals surface area (Å²) in [5, 5.41) is 6.25. The van der Waals surface area contributed by atoms with Crippen LogP contribution >= 0.6 is 0 Å². The fraction of sp³-hybridized carbons (Fsp3) is 0.235. The lowest BCUT2D eigenvalue weighted by atomic mass is 10.1. The molecule has 2 aromatic rings. The average Bonchev–Trinajstić information content (AvgIpc) is 2.42. The van der Waals surface area contributed by atoms with Gasteiger partial charge in [-0.15, -0.1) is 0 Å². The molecular formula is C17H20N2O. The van der Waals surface area contributed by atoms with Crippen molar-refractivity contribution >= 4 is 11.6 Å². The van der Waals surface area contributed by atoms with Gasteiger partial charge >= 0.3 is 0 Å². The second-order valence-electron chi connectivity index (χ2n) is 4.93. The Morgan fingerprint density at radius 3 is 2.40 bits per heavy atom. The maximum Gasteiger partial charge on any atom is 0.221 e. The van der Waals surface area contributed by atoms with E-state index in [0.717, 1.165) is 24.3 Å². The van der Waals surface area contributed by atoms with Crippen molar-refractivity contribution in [3.63, 3.8) is 0 Å². The molecular weight excluding hydrogens is 248 g/mol. The Kier molecular flexibility index (Phi) is 4.91. The zero-order chi connectivity index (χ0) is 14.4. The molecule has 0 aliphatic carbocycles. The van der Waals surface area contributed by atoms with Gasteiger partial charge in [-0.2, -0.15) is 0 Å². The van der Waals surface area contributed by atoms with Crippen molar-refractivity contribution in [1.29, 1.82) is 0 Å². The van der Waals surface area contributed by atoms with Crippen LogP contribution in [0.5, 0.6) is 0 Å². The summed E-state index contributed by atoms with van der Waals surface area (Å²) in [5.74, 6) is -0.0454. The molecule has 2 N–H and O–H groups in total. The molecule has 0 fully saturated rings. The van der Waals surface area contributed by atoms with Gasteiger partial charge in [0.1, 0.15) is 0 Å². The Bertz CT molecular complexity index is 576. The molecule has 0 heterocycles. The third kappa shape index (κ3) is 4.21. The summed E-state index contributed by atoms with van der Waals surface area (Å²) in [7, 11) is 0. The minimum atomic E-state index is -0.0454. The van der Waals surface area contributed by atoms with Gasteiger partial charge in [0.15, 0.2) is 0 Å².